The fourth-order valence-electron chi connectivity index (χ4n) is 0. The van der Waals surface area contributed by atoms with Gasteiger partial charge in [-0.3, -0.25) is 0 Å². The Labute approximate surface area is 79.3 Å². The van der Waals surface area contributed by atoms with Crippen molar-refractivity contribution in [3.05, 3.63) is 0 Å². The van der Waals surface area contributed by atoms with Crippen LogP contribution in [0.1, 0.15) is 0 Å². The first-order valence-corrected chi connectivity index (χ1v) is 0.866. The summed E-state index contributed by atoms with van der Waals surface area (Å²) in [6.07, 6.45) is 0. The Morgan fingerprint density at radius 2 is 1.25 bits per heavy atom. The van der Waals surface area contributed by atoms with Gasteiger partial charge in [-0.15, -0.1) is 0 Å². The van der Waals surface area contributed by atoms with Crippen LogP contribution in [0.2, 0.25) is 0 Å². The molecular formula is H5AlCaMgO. The van der Waals surface area contributed by atoms with Crippen molar-refractivity contribution in [2.24, 2.45) is 0 Å². The van der Waals surface area contributed by atoms with E-state index in [0.29, 0.717) is 16.2 Å². The molecule has 0 saturated carbocycles. The summed E-state index contributed by atoms with van der Waals surface area (Å²) in [6, 6.07) is 0. The zero-order chi connectivity index (χ0) is 2.00. The van der Waals surface area contributed by atoms with Gasteiger partial charge in [0.15, 0.2) is 0 Å². The summed E-state index contributed by atoms with van der Waals surface area (Å²) in [7, 11) is 0. The van der Waals surface area contributed by atoms with Crippen molar-refractivity contribution < 1.29 is 3.80 Å². The van der Waals surface area contributed by atoms with Gasteiger partial charge in [0.2, 0.25) is 0 Å². The Kier molecular flexibility index (Phi) is 74.1. The third-order valence-electron chi connectivity index (χ3n) is 0. The summed E-state index contributed by atoms with van der Waals surface area (Å²) in [6.45, 7) is 0. The second-order valence-corrected chi connectivity index (χ2v) is 0. The van der Waals surface area contributed by atoms with Crippen molar-refractivity contribution in [1.29, 1.82) is 0 Å². The van der Waals surface area contributed by atoms with Gasteiger partial charge < -0.3 is 0 Å². The SMILES string of the molecule is [CaH2].[MgH2].[O]=[AlH]. The summed E-state index contributed by atoms with van der Waals surface area (Å²) < 4.78 is 8.28. The molecule has 0 atom stereocenters. The molecular weight excluding hydrogens is 107 g/mol. The van der Waals surface area contributed by atoms with Crippen LogP contribution in [0.3, 0.4) is 0 Å². The van der Waals surface area contributed by atoms with E-state index in [1.165, 1.54) is 0 Å². The molecule has 4 heteroatoms. The van der Waals surface area contributed by atoms with Gasteiger partial charge >= 0.3 is 80.8 Å². The van der Waals surface area contributed by atoms with Crippen molar-refractivity contribution in [3.63, 3.8) is 0 Å². The molecule has 0 rings (SSSR count). The van der Waals surface area contributed by atoms with E-state index < -0.39 is 0 Å². The van der Waals surface area contributed by atoms with Crippen LogP contribution in [-0.2, 0) is 3.80 Å². The molecule has 0 fully saturated rings. The molecule has 0 saturated heterocycles. The average molecular weight is 112 g/mol. The molecule has 18 valence electrons. The van der Waals surface area contributed by atoms with Gasteiger partial charge in [0.25, 0.3) is 0 Å². The van der Waals surface area contributed by atoms with E-state index in [2.05, 4.69) is 0 Å². The van der Waals surface area contributed by atoms with Crippen LogP contribution in [0.15, 0.2) is 0 Å². The van der Waals surface area contributed by atoms with Gasteiger partial charge in [0, 0.05) is 0 Å². The minimum absolute atomic E-state index is 0. The van der Waals surface area contributed by atoms with Crippen molar-refractivity contribution in [1.82, 2.24) is 0 Å². The zero-order valence-electron chi connectivity index (χ0n) is 1.12. The Bertz CT molecular complexity index is 8.00. The fraction of sp³-hybridized carbons (Fsp3) is 0. The molecule has 0 aliphatic carbocycles. The molecule has 0 aromatic carbocycles. The summed E-state index contributed by atoms with van der Waals surface area (Å²) >= 11 is 0.611. The van der Waals surface area contributed by atoms with Crippen LogP contribution in [-0.4, -0.2) is 77.0 Å². The third kappa shape index (κ3) is 8.84. The molecule has 0 amide bonds. The van der Waals surface area contributed by atoms with Crippen LogP contribution in [0.25, 0.3) is 0 Å². The van der Waals surface area contributed by atoms with E-state index in [0.717, 1.165) is 0 Å². The minimum atomic E-state index is 0. The first kappa shape index (κ1) is 16.2. The summed E-state index contributed by atoms with van der Waals surface area (Å²) in [5.74, 6) is 0. The second-order valence-electron chi connectivity index (χ2n) is 0. The van der Waals surface area contributed by atoms with Gasteiger partial charge in [0.1, 0.15) is 0 Å². The molecule has 0 aliphatic rings. The second kappa shape index (κ2) is 18.3. The quantitative estimate of drug-likeness (QED) is 0.314. The Hall–Kier alpha value is 2.36. The van der Waals surface area contributed by atoms with Crippen molar-refractivity contribution in [2.75, 3.05) is 0 Å². The van der Waals surface area contributed by atoms with Crippen molar-refractivity contribution >= 4 is 77.0 Å². The van der Waals surface area contributed by atoms with E-state index in [1.54, 1.807) is 0 Å². The van der Waals surface area contributed by atoms with E-state index in [1.807, 2.05) is 0 Å². The maximum atomic E-state index is 8.28. The molecule has 0 heterocycles. The molecule has 0 aromatic rings. The van der Waals surface area contributed by atoms with E-state index in [4.69, 9.17) is 3.80 Å². The average Bonchev–Trinajstić information content (AvgIpc) is 1.00. The van der Waals surface area contributed by atoms with E-state index in [9.17, 15) is 0 Å². The van der Waals surface area contributed by atoms with Crippen LogP contribution < -0.4 is 0 Å². The Balaban J connectivity index is -0.00000000500. The molecule has 4 heavy (non-hydrogen) atoms. The third-order valence-corrected chi connectivity index (χ3v) is 0. The van der Waals surface area contributed by atoms with Gasteiger partial charge in [-0.05, 0) is 0 Å². The first-order valence-electron chi connectivity index (χ1n) is 0.289. The standard InChI is InChI=1S/Al.Ca.Mg.O.5H. The van der Waals surface area contributed by atoms with Crippen LogP contribution in [0.4, 0.5) is 0 Å². The molecule has 0 aliphatic heterocycles. The van der Waals surface area contributed by atoms with E-state index in [-0.39, 0.29) is 60.8 Å². The molecule has 1 nitrogen and oxygen atoms in total. The molecule has 0 aromatic heterocycles. The van der Waals surface area contributed by atoms with Crippen LogP contribution in [0, 0.1) is 0 Å². The summed E-state index contributed by atoms with van der Waals surface area (Å²) in [5, 5.41) is 0. The normalized spacial score (nSPS) is 0.750. The fourth-order valence-corrected chi connectivity index (χ4v) is 0. The zero-order valence-corrected chi connectivity index (χ0v) is 2.53. The predicted octanol–water partition coefficient (Wildman–Crippen LogP) is -2.60. The van der Waals surface area contributed by atoms with Gasteiger partial charge in [-0.2, -0.15) is 0 Å². The topological polar surface area (TPSA) is 17.1 Å². The van der Waals surface area contributed by atoms with Crippen LogP contribution >= 0.6 is 0 Å². The molecule has 0 spiro atoms. The van der Waals surface area contributed by atoms with Gasteiger partial charge in [0.05, 0.1) is 0 Å². The summed E-state index contributed by atoms with van der Waals surface area (Å²) in [5.41, 5.74) is 0. The number of hydrogen-bond acceptors (Lipinski definition) is 1. The number of hydrogen-bond donors (Lipinski definition) is 0. The Morgan fingerprint density at radius 1 is 1.25 bits per heavy atom. The van der Waals surface area contributed by atoms with E-state index >= 15 is 0 Å². The van der Waals surface area contributed by atoms with Gasteiger partial charge in [-0.1, -0.05) is 0 Å². The molecule has 0 radical (unpaired) electrons. The van der Waals surface area contributed by atoms with Crippen molar-refractivity contribution in [2.45, 2.75) is 0 Å². The predicted molar refractivity (Wildman–Crippen MR) is 24.9 cm³/mol. The molecule has 0 N–H and O–H groups in total. The molecule has 0 bridgehead atoms. The van der Waals surface area contributed by atoms with Crippen molar-refractivity contribution in [3.8, 4) is 0 Å². The maximum absolute atomic E-state index is 8.28. The molecule has 0 unspecified atom stereocenters. The summed E-state index contributed by atoms with van der Waals surface area (Å²) in [4.78, 5) is 0. The monoisotopic (exact) mass is 112 g/mol. The first-order chi connectivity index (χ1) is 1.00. The Morgan fingerprint density at radius 3 is 1.25 bits per heavy atom. The number of rotatable bonds is 0. The van der Waals surface area contributed by atoms with Crippen LogP contribution in [0.5, 0.6) is 0 Å². The van der Waals surface area contributed by atoms with Gasteiger partial charge in [-0.25, -0.2) is 0 Å².